The van der Waals surface area contributed by atoms with Crippen LogP contribution in [0.4, 0.5) is 0 Å². The number of furan rings is 1. The molecule has 1 N–H and O–H groups in total. The molecule has 0 unspecified atom stereocenters. The summed E-state index contributed by atoms with van der Waals surface area (Å²) in [7, 11) is 0. The van der Waals surface area contributed by atoms with E-state index in [0.717, 1.165) is 11.8 Å². The lowest BCUT2D eigenvalue weighted by atomic mass is 9.90. The molecule has 3 atom stereocenters. The van der Waals surface area contributed by atoms with Crippen LogP contribution in [-0.4, -0.2) is 12.1 Å². The summed E-state index contributed by atoms with van der Waals surface area (Å²) >= 11 is 0. The maximum absolute atomic E-state index is 11.5. The quantitative estimate of drug-likeness (QED) is 0.642. The molecule has 0 aromatic carbocycles. The lowest BCUT2D eigenvalue weighted by molar-refractivity contribution is 0.0927. The second-order valence-electron chi connectivity index (χ2n) is 5.04. The topological polar surface area (TPSA) is 54.6 Å². The number of fused-ring (bicyclic) bond motifs is 2. The van der Waals surface area contributed by atoms with Crippen LogP contribution in [0.3, 0.4) is 0 Å². The Kier molecular flexibility index (Phi) is 2.71. The van der Waals surface area contributed by atoms with E-state index in [2.05, 4.69) is 10.5 Å². The molecular weight excluding hydrogens is 216 g/mol. The van der Waals surface area contributed by atoms with Gasteiger partial charge in [0.15, 0.2) is 5.76 Å². The molecule has 2 bridgehead atoms. The summed E-state index contributed by atoms with van der Waals surface area (Å²) in [6, 6.07) is 3.32. The van der Waals surface area contributed by atoms with E-state index in [9.17, 15) is 4.79 Å². The van der Waals surface area contributed by atoms with E-state index in [1.54, 1.807) is 12.1 Å². The number of hydrogen-bond acceptors (Lipinski definition) is 3. The minimum absolute atomic E-state index is 0.283. The lowest BCUT2D eigenvalue weighted by Gasteiger charge is -2.16. The molecule has 0 aliphatic heterocycles. The molecule has 2 aliphatic carbocycles. The van der Waals surface area contributed by atoms with Gasteiger partial charge in [0.2, 0.25) is 0 Å². The van der Waals surface area contributed by atoms with E-state index in [-0.39, 0.29) is 5.91 Å². The van der Waals surface area contributed by atoms with Gasteiger partial charge in [-0.3, -0.25) is 4.79 Å². The van der Waals surface area contributed by atoms with Crippen molar-refractivity contribution in [1.82, 2.24) is 5.43 Å². The Morgan fingerprint density at radius 1 is 1.47 bits per heavy atom. The summed E-state index contributed by atoms with van der Waals surface area (Å²) in [5, 5.41) is 4.04. The van der Waals surface area contributed by atoms with Gasteiger partial charge in [-0.05, 0) is 49.1 Å². The molecule has 90 valence electrons. The van der Waals surface area contributed by atoms with Crippen molar-refractivity contribution in [3.63, 3.8) is 0 Å². The standard InChI is InChI=1S/C13H16N2O2/c16-13(12-2-1-5-17-12)15-14-8-11-7-9-3-4-10(11)6-9/h1-2,5,8-11H,3-4,6-7H2,(H,15,16)/b14-8-/t9-,10+,11+/m0/s1. The van der Waals surface area contributed by atoms with Gasteiger partial charge >= 0.3 is 5.91 Å². The normalized spacial score (nSPS) is 31.2. The molecule has 1 aromatic heterocycles. The second-order valence-corrected chi connectivity index (χ2v) is 5.04. The third-order valence-corrected chi connectivity index (χ3v) is 3.97. The molecule has 1 amide bonds. The SMILES string of the molecule is O=C(N/N=C\[C@H]1C[C@H]2CC[C@@H]1C2)c1ccco1. The van der Waals surface area contributed by atoms with Crippen molar-refractivity contribution in [2.24, 2.45) is 22.9 Å². The summed E-state index contributed by atoms with van der Waals surface area (Å²) in [6.45, 7) is 0. The van der Waals surface area contributed by atoms with Crippen molar-refractivity contribution in [2.45, 2.75) is 25.7 Å². The highest BCUT2D eigenvalue weighted by Gasteiger charge is 2.38. The van der Waals surface area contributed by atoms with Crippen molar-refractivity contribution in [3.8, 4) is 0 Å². The van der Waals surface area contributed by atoms with Crippen LogP contribution >= 0.6 is 0 Å². The van der Waals surface area contributed by atoms with Gasteiger partial charge in [0.1, 0.15) is 0 Å². The Morgan fingerprint density at radius 2 is 2.41 bits per heavy atom. The first-order valence-electron chi connectivity index (χ1n) is 6.20. The third-order valence-electron chi connectivity index (χ3n) is 3.97. The van der Waals surface area contributed by atoms with Crippen molar-refractivity contribution in [1.29, 1.82) is 0 Å². The van der Waals surface area contributed by atoms with Gasteiger partial charge in [-0.25, -0.2) is 5.43 Å². The fraction of sp³-hybridized carbons (Fsp3) is 0.538. The van der Waals surface area contributed by atoms with Crippen molar-refractivity contribution >= 4 is 12.1 Å². The number of rotatable bonds is 3. The molecule has 0 radical (unpaired) electrons. The van der Waals surface area contributed by atoms with E-state index in [0.29, 0.717) is 11.7 Å². The number of hydrogen-bond donors (Lipinski definition) is 1. The summed E-state index contributed by atoms with van der Waals surface area (Å²) in [5.74, 6) is 2.27. The van der Waals surface area contributed by atoms with Crippen molar-refractivity contribution < 1.29 is 9.21 Å². The van der Waals surface area contributed by atoms with Gasteiger partial charge < -0.3 is 4.42 Å². The zero-order chi connectivity index (χ0) is 11.7. The average Bonchev–Trinajstić information content (AvgIpc) is 3.06. The van der Waals surface area contributed by atoms with Gasteiger partial charge in [0.25, 0.3) is 0 Å². The predicted octanol–water partition coefficient (Wildman–Crippen LogP) is 2.43. The van der Waals surface area contributed by atoms with Crippen molar-refractivity contribution in [2.75, 3.05) is 0 Å². The monoisotopic (exact) mass is 232 g/mol. The number of nitrogens with zero attached hydrogens (tertiary/aromatic N) is 1. The minimum atomic E-state index is -0.283. The first-order chi connectivity index (χ1) is 8.33. The van der Waals surface area contributed by atoms with Crippen LogP contribution in [-0.2, 0) is 0 Å². The Morgan fingerprint density at radius 3 is 3.06 bits per heavy atom. The molecular formula is C13H16N2O2. The fourth-order valence-corrected chi connectivity index (χ4v) is 3.13. The molecule has 2 fully saturated rings. The van der Waals surface area contributed by atoms with Gasteiger partial charge in [0, 0.05) is 6.21 Å². The number of hydrazone groups is 1. The van der Waals surface area contributed by atoms with Gasteiger partial charge in [-0.15, -0.1) is 0 Å². The molecule has 1 heterocycles. The first kappa shape index (κ1) is 10.6. The number of carbonyl (C=O) groups is 1. The largest absolute Gasteiger partial charge is 0.459 e. The molecule has 17 heavy (non-hydrogen) atoms. The molecule has 0 saturated heterocycles. The number of amides is 1. The zero-order valence-electron chi connectivity index (χ0n) is 9.63. The van der Waals surface area contributed by atoms with E-state index in [1.807, 2.05) is 6.21 Å². The number of carbonyl (C=O) groups excluding carboxylic acids is 1. The molecule has 2 aliphatic rings. The summed E-state index contributed by atoms with van der Waals surface area (Å²) < 4.78 is 4.98. The summed E-state index contributed by atoms with van der Waals surface area (Å²) in [6.07, 6.45) is 8.69. The average molecular weight is 232 g/mol. The number of nitrogens with one attached hydrogen (secondary N) is 1. The van der Waals surface area contributed by atoms with Crippen molar-refractivity contribution in [3.05, 3.63) is 24.2 Å². The first-order valence-corrected chi connectivity index (χ1v) is 6.20. The molecule has 4 nitrogen and oxygen atoms in total. The predicted molar refractivity (Wildman–Crippen MR) is 63.6 cm³/mol. The van der Waals surface area contributed by atoms with Gasteiger partial charge in [-0.2, -0.15) is 5.10 Å². The van der Waals surface area contributed by atoms with Crippen LogP contribution in [0.2, 0.25) is 0 Å². The summed E-state index contributed by atoms with van der Waals surface area (Å²) in [5.41, 5.74) is 2.51. The molecule has 2 saturated carbocycles. The van der Waals surface area contributed by atoms with Gasteiger partial charge in [-0.1, -0.05) is 6.42 Å². The van der Waals surface area contributed by atoms with E-state index in [4.69, 9.17) is 4.42 Å². The second kappa shape index (κ2) is 4.35. The van der Waals surface area contributed by atoms with Crippen LogP contribution < -0.4 is 5.43 Å². The van der Waals surface area contributed by atoms with Crippen LogP contribution in [0.5, 0.6) is 0 Å². The van der Waals surface area contributed by atoms with Gasteiger partial charge in [0.05, 0.1) is 6.26 Å². The smallest absolute Gasteiger partial charge is 0.307 e. The Hall–Kier alpha value is -1.58. The lowest BCUT2D eigenvalue weighted by Crippen LogP contribution is -2.19. The van der Waals surface area contributed by atoms with E-state index in [1.165, 1.54) is 31.9 Å². The molecule has 3 rings (SSSR count). The van der Waals surface area contributed by atoms with E-state index >= 15 is 0 Å². The summed E-state index contributed by atoms with van der Waals surface area (Å²) in [4.78, 5) is 11.5. The highest BCUT2D eigenvalue weighted by Crippen LogP contribution is 2.47. The van der Waals surface area contributed by atoms with E-state index < -0.39 is 0 Å². The molecule has 1 aromatic rings. The highest BCUT2D eigenvalue weighted by molar-refractivity contribution is 5.91. The van der Waals surface area contributed by atoms with Crippen LogP contribution in [0.25, 0.3) is 0 Å². The Bertz CT molecular complexity index is 425. The fourth-order valence-electron chi connectivity index (χ4n) is 3.13. The Labute approximate surface area is 100 Å². The molecule has 0 spiro atoms. The van der Waals surface area contributed by atoms with Crippen LogP contribution in [0.1, 0.15) is 36.2 Å². The van der Waals surface area contributed by atoms with Crippen LogP contribution in [0.15, 0.2) is 27.9 Å². The zero-order valence-corrected chi connectivity index (χ0v) is 9.63. The maximum Gasteiger partial charge on any atom is 0.307 e. The minimum Gasteiger partial charge on any atom is -0.459 e. The highest BCUT2D eigenvalue weighted by atomic mass is 16.3. The third kappa shape index (κ3) is 2.12. The molecule has 4 heteroatoms. The van der Waals surface area contributed by atoms with Crippen LogP contribution in [0, 0.1) is 17.8 Å². The Balaban J connectivity index is 1.53. The maximum atomic E-state index is 11.5.